The van der Waals surface area contributed by atoms with E-state index in [0.717, 1.165) is 24.8 Å². The summed E-state index contributed by atoms with van der Waals surface area (Å²) < 4.78 is 5.33. The van der Waals surface area contributed by atoms with Gasteiger partial charge in [-0.2, -0.15) is 5.26 Å². The zero-order valence-corrected chi connectivity index (χ0v) is 21.6. The highest BCUT2D eigenvalue weighted by Crippen LogP contribution is 2.24. The normalized spacial score (nSPS) is 12.9. The Morgan fingerprint density at radius 1 is 1.18 bits per heavy atom. The number of carbonyl (C=O) groups is 3. The second-order valence-corrected chi connectivity index (χ2v) is 9.81. The summed E-state index contributed by atoms with van der Waals surface area (Å²) in [7, 11) is 0. The molecule has 2 atom stereocenters. The van der Waals surface area contributed by atoms with Gasteiger partial charge in [-0.25, -0.2) is 4.79 Å². The summed E-state index contributed by atoms with van der Waals surface area (Å²) >= 11 is 0. The summed E-state index contributed by atoms with van der Waals surface area (Å²) in [6, 6.07) is 7.36. The fourth-order valence-electron chi connectivity index (χ4n) is 3.50. The molecule has 188 valence electrons. The van der Waals surface area contributed by atoms with Crippen molar-refractivity contribution < 1.29 is 19.1 Å². The number of nitrogens with zero attached hydrogens (tertiary/aromatic N) is 2. The van der Waals surface area contributed by atoms with E-state index in [4.69, 9.17) is 4.74 Å². The molecule has 2 N–H and O–H groups in total. The van der Waals surface area contributed by atoms with Gasteiger partial charge in [-0.15, -0.1) is 0 Å². The minimum atomic E-state index is -1.00. The van der Waals surface area contributed by atoms with Crippen molar-refractivity contribution in [2.45, 2.75) is 85.4 Å². The molecule has 1 aromatic rings. The molecule has 34 heavy (non-hydrogen) atoms. The van der Waals surface area contributed by atoms with Crippen molar-refractivity contribution in [1.29, 1.82) is 5.26 Å². The molecule has 1 aromatic carbocycles. The van der Waals surface area contributed by atoms with Gasteiger partial charge in [0.1, 0.15) is 24.2 Å². The van der Waals surface area contributed by atoms with Crippen LogP contribution in [0.2, 0.25) is 0 Å². The van der Waals surface area contributed by atoms with Gasteiger partial charge in [-0.05, 0) is 45.6 Å². The summed E-state index contributed by atoms with van der Waals surface area (Å²) in [5.41, 5.74) is 0.804. The van der Waals surface area contributed by atoms with E-state index in [0.29, 0.717) is 12.1 Å². The Morgan fingerprint density at radius 2 is 1.85 bits per heavy atom. The predicted molar refractivity (Wildman–Crippen MR) is 132 cm³/mol. The number of nitrogens with one attached hydrogen (secondary N) is 2. The monoisotopic (exact) mass is 472 g/mol. The smallest absolute Gasteiger partial charge is 0.408 e. The molecule has 0 heterocycles. The summed E-state index contributed by atoms with van der Waals surface area (Å²) in [5.74, 6) is -1.17. The largest absolute Gasteiger partial charge is 0.444 e. The first-order chi connectivity index (χ1) is 15.9. The van der Waals surface area contributed by atoms with Crippen molar-refractivity contribution in [2.75, 3.05) is 13.1 Å². The number of aryl methyl sites for hydroxylation is 1. The van der Waals surface area contributed by atoms with Gasteiger partial charge in [-0.3, -0.25) is 9.59 Å². The number of carbonyl (C=O) groups excluding carboxylic acids is 3. The van der Waals surface area contributed by atoms with Crippen LogP contribution in [-0.2, 0) is 14.3 Å². The molecule has 0 aliphatic rings. The van der Waals surface area contributed by atoms with Crippen molar-refractivity contribution in [3.05, 3.63) is 35.4 Å². The highest BCUT2D eigenvalue weighted by atomic mass is 16.6. The Balaban J connectivity index is 3.33. The second kappa shape index (κ2) is 13.6. The van der Waals surface area contributed by atoms with E-state index in [1.54, 1.807) is 40.7 Å². The first-order valence-electron chi connectivity index (χ1n) is 11.9. The Kier molecular flexibility index (Phi) is 11.6. The number of alkyl carbamates (subject to hydrolysis) is 1. The molecule has 0 radical (unpaired) electrons. The zero-order valence-electron chi connectivity index (χ0n) is 21.6. The standard InChI is InChI=1S/C26H40N4O4/c1-8-9-10-15-28-23(31)22(20-13-11-12-19(4)17-20)30(16-14-27)24(32)21(18(2)3)29-25(33)34-26(5,6)7/h11-13,17-18,21-22H,8-10,15-16H2,1-7H3,(H,28,31)(H,29,33). The van der Waals surface area contributed by atoms with Crippen LogP contribution in [0.25, 0.3) is 0 Å². The van der Waals surface area contributed by atoms with Crippen LogP contribution in [0.4, 0.5) is 4.79 Å². The van der Waals surface area contributed by atoms with Crippen LogP contribution < -0.4 is 10.6 Å². The molecular weight excluding hydrogens is 432 g/mol. The van der Waals surface area contributed by atoms with Crippen molar-refractivity contribution in [2.24, 2.45) is 5.92 Å². The van der Waals surface area contributed by atoms with Crippen LogP contribution in [0, 0.1) is 24.2 Å². The molecular formula is C26H40N4O4. The number of unbranched alkanes of at least 4 members (excludes halogenated alkanes) is 2. The van der Waals surface area contributed by atoms with E-state index < -0.39 is 29.7 Å². The van der Waals surface area contributed by atoms with Crippen LogP contribution in [0.15, 0.2) is 24.3 Å². The van der Waals surface area contributed by atoms with Gasteiger partial charge >= 0.3 is 6.09 Å². The number of ether oxygens (including phenoxy) is 1. The van der Waals surface area contributed by atoms with Crippen LogP contribution in [0.3, 0.4) is 0 Å². The molecule has 0 saturated heterocycles. The third-order valence-electron chi connectivity index (χ3n) is 5.13. The fraction of sp³-hybridized carbons (Fsp3) is 0.615. The molecule has 0 saturated carbocycles. The van der Waals surface area contributed by atoms with Gasteiger partial charge in [0, 0.05) is 6.54 Å². The van der Waals surface area contributed by atoms with E-state index in [9.17, 15) is 19.6 Å². The van der Waals surface area contributed by atoms with Gasteiger partial charge < -0.3 is 20.3 Å². The van der Waals surface area contributed by atoms with Crippen molar-refractivity contribution in [3.63, 3.8) is 0 Å². The highest BCUT2D eigenvalue weighted by molar-refractivity contribution is 5.92. The molecule has 0 aliphatic heterocycles. The van der Waals surface area contributed by atoms with Gasteiger partial charge in [0.2, 0.25) is 11.8 Å². The molecule has 0 fully saturated rings. The lowest BCUT2D eigenvalue weighted by Gasteiger charge is -2.34. The van der Waals surface area contributed by atoms with E-state index in [1.165, 1.54) is 4.90 Å². The van der Waals surface area contributed by atoms with Gasteiger partial charge in [-0.1, -0.05) is 63.4 Å². The Morgan fingerprint density at radius 3 is 2.38 bits per heavy atom. The van der Waals surface area contributed by atoms with Crippen molar-refractivity contribution in [3.8, 4) is 6.07 Å². The topological polar surface area (TPSA) is 112 Å². The predicted octanol–water partition coefficient (Wildman–Crippen LogP) is 4.24. The molecule has 0 aromatic heterocycles. The number of rotatable bonds is 11. The minimum Gasteiger partial charge on any atom is -0.444 e. The third-order valence-corrected chi connectivity index (χ3v) is 5.13. The molecule has 3 amide bonds. The lowest BCUT2D eigenvalue weighted by atomic mass is 9.98. The number of benzene rings is 1. The van der Waals surface area contributed by atoms with Gasteiger partial charge in [0.25, 0.3) is 0 Å². The summed E-state index contributed by atoms with van der Waals surface area (Å²) in [6.07, 6.45) is 2.09. The zero-order chi connectivity index (χ0) is 25.9. The molecule has 0 aliphatic carbocycles. The van der Waals surface area contributed by atoms with Gasteiger partial charge in [0.05, 0.1) is 6.07 Å². The molecule has 0 spiro atoms. The maximum absolute atomic E-state index is 13.7. The molecule has 1 rings (SSSR count). The maximum Gasteiger partial charge on any atom is 0.408 e. The van der Waals surface area contributed by atoms with E-state index in [-0.39, 0.29) is 18.4 Å². The first-order valence-corrected chi connectivity index (χ1v) is 11.9. The fourth-order valence-corrected chi connectivity index (χ4v) is 3.50. The lowest BCUT2D eigenvalue weighted by Crippen LogP contribution is -2.55. The van der Waals surface area contributed by atoms with Crippen molar-refractivity contribution in [1.82, 2.24) is 15.5 Å². The average molecular weight is 473 g/mol. The molecule has 0 bridgehead atoms. The number of amides is 3. The van der Waals surface area contributed by atoms with Crippen LogP contribution in [0.5, 0.6) is 0 Å². The quantitative estimate of drug-likeness (QED) is 0.369. The SMILES string of the molecule is CCCCCNC(=O)C(c1cccc(C)c1)N(CC#N)C(=O)C(NC(=O)OC(C)(C)C)C(C)C. The molecule has 8 heteroatoms. The van der Waals surface area contributed by atoms with Crippen LogP contribution in [-0.4, -0.2) is 47.5 Å². The maximum atomic E-state index is 13.7. The van der Waals surface area contributed by atoms with E-state index >= 15 is 0 Å². The Hall–Kier alpha value is -3.08. The van der Waals surface area contributed by atoms with E-state index in [1.807, 2.05) is 31.2 Å². The first kappa shape index (κ1) is 29.0. The Labute approximate surface area is 204 Å². The molecule has 8 nitrogen and oxygen atoms in total. The summed E-state index contributed by atoms with van der Waals surface area (Å²) in [5, 5.41) is 15.1. The third kappa shape index (κ3) is 9.42. The molecule has 2 unspecified atom stereocenters. The van der Waals surface area contributed by atoms with Crippen LogP contribution >= 0.6 is 0 Å². The minimum absolute atomic E-state index is 0.299. The van der Waals surface area contributed by atoms with Crippen LogP contribution in [0.1, 0.15) is 78.0 Å². The Bertz CT molecular complexity index is 870. The number of hydrogen-bond acceptors (Lipinski definition) is 5. The van der Waals surface area contributed by atoms with Crippen molar-refractivity contribution >= 4 is 17.9 Å². The van der Waals surface area contributed by atoms with E-state index in [2.05, 4.69) is 17.6 Å². The summed E-state index contributed by atoms with van der Waals surface area (Å²) in [4.78, 5) is 40.7. The average Bonchev–Trinajstić information content (AvgIpc) is 2.73. The second-order valence-electron chi connectivity index (χ2n) is 9.81. The highest BCUT2D eigenvalue weighted by Gasteiger charge is 2.37. The number of hydrogen-bond donors (Lipinski definition) is 2. The lowest BCUT2D eigenvalue weighted by molar-refractivity contribution is -0.142. The summed E-state index contributed by atoms with van der Waals surface area (Å²) in [6.45, 7) is 12.9. The van der Waals surface area contributed by atoms with Gasteiger partial charge in [0.15, 0.2) is 0 Å². The number of nitriles is 1.